The van der Waals surface area contributed by atoms with Crippen molar-refractivity contribution in [3.05, 3.63) is 23.8 Å². The molecule has 0 aliphatic carbocycles. The number of carbonyl (C=O) groups excluding carboxylic acids is 1. The van der Waals surface area contributed by atoms with Crippen molar-refractivity contribution in [1.29, 1.82) is 0 Å². The Bertz CT molecular complexity index is 587. The normalized spacial score (nSPS) is 19.2. The maximum Gasteiger partial charge on any atom is 0.237 e. The molecule has 2 rings (SSSR count). The smallest absolute Gasteiger partial charge is 0.237 e. The Hall–Kier alpha value is -1.75. The molecule has 5 nitrogen and oxygen atoms in total. The zero-order valence-electron chi connectivity index (χ0n) is 16.9. The molecule has 1 aromatic rings. The molecule has 1 aromatic carbocycles. The molecule has 1 aliphatic heterocycles. The molecule has 1 fully saturated rings. The molecular weight excluding hydrogens is 328 g/mol. The van der Waals surface area contributed by atoms with Gasteiger partial charge in [-0.25, -0.2) is 0 Å². The summed E-state index contributed by atoms with van der Waals surface area (Å²) in [6, 6.07) is 5.79. The number of rotatable bonds is 8. The first-order chi connectivity index (χ1) is 12.5. The van der Waals surface area contributed by atoms with Gasteiger partial charge in [0.1, 0.15) is 0 Å². The van der Waals surface area contributed by atoms with Crippen molar-refractivity contribution in [2.24, 2.45) is 0 Å². The number of piperidine rings is 1. The van der Waals surface area contributed by atoms with Gasteiger partial charge in [0.15, 0.2) is 11.5 Å². The summed E-state index contributed by atoms with van der Waals surface area (Å²) in [4.78, 5) is 15.2. The third-order valence-electron chi connectivity index (χ3n) is 4.84. The van der Waals surface area contributed by atoms with Gasteiger partial charge in [0, 0.05) is 0 Å². The van der Waals surface area contributed by atoms with Crippen LogP contribution in [0.1, 0.15) is 65.0 Å². The lowest BCUT2D eigenvalue weighted by molar-refractivity contribution is -0.128. The van der Waals surface area contributed by atoms with E-state index in [1.54, 1.807) is 7.11 Å². The van der Waals surface area contributed by atoms with Crippen LogP contribution in [-0.2, 0) is 4.79 Å². The molecule has 2 unspecified atom stereocenters. The summed E-state index contributed by atoms with van der Waals surface area (Å²) in [5, 5.41) is 3.19. The van der Waals surface area contributed by atoms with E-state index in [1.165, 1.54) is 6.42 Å². The second-order valence-electron chi connectivity index (χ2n) is 7.35. The molecule has 26 heavy (non-hydrogen) atoms. The molecule has 5 heteroatoms. The van der Waals surface area contributed by atoms with Gasteiger partial charge >= 0.3 is 0 Å². The first-order valence-electron chi connectivity index (χ1n) is 9.85. The number of likely N-dealkylation sites (tertiary alicyclic amines) is 1. The Morgan fingerprint density at radius 2 is 2.04 bits per heavy atom. The highest BCUT2D eigenvalue weighted by Crippen LogP contribution is 2.31. The summed E-state index contributed by atoms with van der Waals surface area (Å²) in [5.74, 6) is 1.56. The van der Waals surface area contributed by atoms with E-state index in [2.05, 4.69) is 17.1 Å². The van der Waals surface area contributed by atoms with Crippen LogP contribution >= 0.6 is 0 Å². The fraction of sp³-hybridized carbons (Fsp3) is 0.667. The third-order valence-corrected chi connectivity index (χ3v) is 4.84. The van der Waals surface area contributed by atoms with Crippen LogP contribution in [0.2, 0.25) is 0 Å². The highest BCUT2D eigenvalue weighted by Gasteiger charge is 2.29. The molecule has 1 saturated heterocycles. The van der Waals surface area contributed by atoms with Crippen molar-refractivity contribution in [3.63, 3.8) is 0 Å². The Labute approximate surface area is 158 Å². The molecule has 1 N–H and O–H groups in total. The first-order valence-corrected chi connectivity index (χ1v) is 9.85. The Morgan fingerprint density at radius 3 is 2.69 bits per heavy atom. The van der Waals surface area contributed by atoms with E-state index in [-0.39, 0.29) is 24.1 Å². The Kier molecular flexibility index (Phi) is 7.76. The maximum atomic E-state index is 12.8. The SMILES string of the molecule is CCCN1CCCCC1C(=O)NC(C)c1ccc(OC(C)C)c(OC)c1. The van der Waals surface area contributed by atoms with Crippen molar-refractivity contribution in [3.8, 4) is 11.5 Å². The zero-order chi connectivity index (χ0) is 19.1. The Morgan fingerprint density at radius 1 is 1.27 bits per heavy atom. The quantitative estimate of drug-likeness (QED) is 0.761. The standard InChI is InChI=1S/C21H34N2O3/c1-6-12-23-13-8-7-9-18(23)21(24)22-16(4)17-10-11-19(26-15(2)3)20(14-17)25-5/h10-11,14-16,18H,6-9,12-13H2,1-5H3,(H,22,24). The molecule has 1 heterocycles. The van der Waals surface area contributed by atoms with Gasteiger partial charge in [-0.1, -0.05) is 19.4 Å². The van der Waals surface area contributed by atoms with E-state index < -0.39 is 0 Å². The monoisotopic (exact) mass is 362 g/mol. The number of carbonyl (C=O) groups is 1. The van der Waals surface area contributed by atoms with Gasteiger partial charge in [0.25, 0.3) is 0 Å². The van der Waals surface area contributed by atoms with Gasteiger partial charge in [-0.05, 0) is 70.8 Å². The number of amides is 1. The maximum absolute atomic E-state index is 12.8. The molecule has 0 radical (unpaired) electrons. The zero-order valence-corrected chi connectivity index (χ0v) is 16.9. The number of methoxy groups -OCH3 is 1. The predicted octanol–water partition coefficient (Wildman–Crippen LogP) is 3.92. The minimum Gasteiger partial charge on any atom is -0.493 e. The topological polar surface area (TPSA) is 50.8 Å². The average Bonchev–Trinajstić information content (AvgIpc) is 2.62. The van der Waals surface area contributed by atoms with Crippen LogP contribution in [0.15, 0.2) is 18.2 Å². The summed E-state index contributed by atoms with van der Waals surface area (Å²) >= 11 is 0. The minimum atomic E-state index is -0.0742. The van der Waals surface area contributed by atoms with Gasteiger partial charge in [0.05, 0.1) is 25.3 Å². The van der Waals surface area contributed by atoms with E-state index in [0.717, 1.165) is 43.7 Å². The summed E-state index contributed by atoms with van der Waals surface area (Å²) in [6.45, 7) is 10.2. The van der Waals surface area contributed by atoms with Crippen molar-refractivity contribution < 1.29 is 14.3 Å². The summed E-state index contributed by atoms with van der Waals surface area (Å²) < 4.78 is 11.2. The second kappa shape index (κ2) is 9.81. The van der Waals surface area contributed by atoms with E-state index in [0.29, 0.717) is 5.75 Å². The number of nitrogens with one attached hydrogen (secondary N) is 1. The van der Waals surface area contributed by atoms with Gasteiger partial charge in [-0.2, -0.15) is 0 Å². The number of ether oxygens (including phenoxy) is 2. The highest BCUT2D eigenvalue weighted by molar-refractivity contribution is 5.82. The molecule has 1 amide bonds. The second-order valence-corrected chi connectivity index (χ2v) is 7.35. The summed E-state index contributed by atoms with van der Waals surface area (Å²) in [6.07, 6.45) is 4.43. The molecule has 0 aromatic heterocycles. The van der Waals surface area contributed by atoms with Gasteiger partial charge in [-0.3, -0.25) is 9.69 Å². The fourth-order valence-corrected chi connectivity index (χ4v) is 3.54. The van der Waals surface area contributed by atoms with Crippen molar-refractivity contribution in [1.82, 2.24) is 10.2 Å². The summed E-state index contributed by atoms with van der Waals surface area (Å²) in [5.41, 5.74) is 1.02. The third kappa shape index (κ3) is 5.37. The van der Waals surface area contributed by atoms with Crippen molar-refractivity contribution >= 4 is 5.91 Å². The van der Waals surface area contributed by atoms with E-state index in [1.807, 2.05) is 39.0 Å². The first kappa shape index (κ1) is 20.6. The van der Waals surface area contributed by atoms with E-state index in [4.69, 9.17) is 9.47 Å². The lowest BCUT2D eigenvalue weighted by atomic mass is 10.00. The van der Waals surface area contributed by atoms with Crippen LogP contribution in [0, 0.1) is 0 Å². The lowest BCUT2D eigenvalue weighted by Gasteiger charge is -2.35. The van der Waals surface area contributed by atoms with Crippen LogP contribution in [0.25, 0.3) is 0 Å². The molecule has 146 valence electrons. The van der Waals surface area contributed by atoms with Crippen LogP contribution in [-0.4, -0.2) is 43.2 Å². The van der Waals surface area contributed by atoms with Crippen molar-refractivity contribution in [2.45, 2.75) is 71.6 Å². The van der Waals surface area contributed by atoms with Crippen LogP contribution in [0.4, 0.5) is 0 Å². The van der Waals surface area contributed by atoms with E-state index >= 15 is 0 Å². The van der Waals surface area contributed by atoms with Crippen LogP contribution in [0.5, 0.6) is 11.5 Å². The molecule has 0 spiro atoms. The van der Waals surface area contributed by atoms with Gasteiger partial charge in [0.2, 0.25) is 5.91 Å². The Balaban J connectivity index is 2.06. The molecular formula is C21H34N2O3. The van der Waals surface area contributed by atoms with Crippen molar-refractivity contribution in [2.75, 3.05) is 20.2 Å². The molecule has 2 atom stereocenters. The van der Waals surface area contributed by atoms with Crippen LogP contribution < -0.4 is 14.8 Å². The number of hydrogen-bond donors (Lipinski definition) is 1. The molecule has 1 aliphatic rings. The average molecular weight is 363 g/mol. The molecule has 0 bridgehead atoms. The number of hydrogen-bond acceptors (Lipinski definition) is 4. The molecule has 0 saturated carbocycles. The van der Waals surface area contributed by atoms with E-state index in [9.17, 15) is 4.79 Å². The fourth-order valence-electron chi connectivity index (χ4n) is 3.54. The number of nitrogens with zero attached hydrogens (tertiary/aromatic N) is 1. The summed E-state index contributed by atoms with van der Waals surface area (Å²) in [7, 11) is 1.64. The largest absolute Gasteiger partial charge is 0.493 e. The minimum absolute atomic E-state index is 0.00315. The lowest BCUT2D eigenvalue weighted by Crippen LogP contribution is -2.50. The van der Waals surface area contributed by atoms with Gasteiger partial charge in [-0.15, -0.1) is 0 Å². The van der Waals surface area contributed by atoms with Gasteiger partial charge < -0.3 is 14.8 Å². The van der Waals surface area contributed by atoms with Crippen LogP contribution in [0.3, 0.4) is 0 Å². The number of benzene rings is 1. The highest BCUT2D eigenvalue weighted by atomic mass is 16.5. The predicted molar refractivity (Wildman–Crippen MR) is 105 cm³/mol.